The molecule has 0 aliphatic heterocycles. The molecule has 106 valence electrons. The zero-order chi connectivity index (χ0) is 14.0. The van der Waals surface area contributed by atoms with Gasteiger partial charge in [-0.1, -0.05) is 40.0 Å². The number of unbranched alkanes of at least 4 members (excludes halogenated alkanes) is 2. The first kappa shape index (κ1) is 16.9. The number of carbonyl (C=O) groups is 2. The van der Waals surface area contributed by atoms with E-state index >= 15 is 0 Å². The number of hydrogen-bond acceptors (Lipinski definition) is 3. The highest BCUT2D eigenvalue weighted by Gasteiger charge is 2.24. The van der Waals surface area contributed by atoms with Gasteiger partial charge in [0.1, 0.15) is 12.6 Å². The molecule has 5 nitrogen and oxygen atoms in total. The van der Waals surface area contributed by atoms with Crippen molar-refractivity contribution in [2.45, 2.75) is 52.5 Å². The average molecular weight is 259 g/mol. The number of carbonyl (C=O) groups excluding carboxylic acids is 1. The third kappa shape index (κ3) is 7.27. The van der Waals surface area contributed by atoms with Crippen molar-refractivity contribution in [3.05, 3.63) is 0 Å². The van der Waals surface area contributed by atoms with Crippen molar-refractivity contribution in [3.8, 4) is 0 Å². The van der Waals surface area contributed by atoms with Gasteiger partial charge in [0, 0.05) is 6.61 Å². The third-order valence-corrected chi connectivity index (χ3v) is 2.92. The molecule has 0 radical (unpaired) electrons. The van der Waals surface area contributed by atoms with Gasteiger partial charge in [-0.05, 0) is 12.3 Å². The van der Waals surface area contributed by atoms with E-state index in [0.29, 0.717) is 13.0 Å². The van der Waals surface area contributed by atoms with Crippen LogP contribution in [-0.2, 0) is 14.3 Å². The van der Waals surface area contributed by atoms with Gasteiger partial charge in [-0.2, -0.15) is 0 Å². The Kier molecular flexibility index (Phi) is 9.28. The van der Waals surface area contributed by atoms with E-state index in [1.807, 2.05) is 6.92 Å². The molecule has 18 heavy (non-hydrogen) atoms. The summed E-state index contributed by atoms with van der Waals surface area (Å²) in [5, 5.41) is 11.5. The minimum atomic E-state index is -0.997. The molecule has 0 fully saturated rings. The van der Waals surface area contributed by atoms with Crippen LogP contribution in [0.4, 0.5) is 0 Å². The summed E-state index contributed by atoms with van der Waals surface area (Å²) < 4.78 is 5.19. The lowest BCUT2D eigenvalue weighted by atomic mass is 9.99. The Morgan fingerprint density at radius 1 is 1.28 bits per heavy atom. The van der Waals surface area contributed by atoms with Crippen LogP contribution in [-0.4, -0.2) is 36.2 Å². The van der Waals surface area contributed by atoms with Gasteiger partial charge in [0.2, 0.25) is 5.91 Å². The van der Waals surface area contributed by atoms with E-state index in [2.05, 4.69) is 12.2 Å². The zero-order valence-electron chi connectivity index (χ0n) is 11.6. The number of carboxylic acid groups (broad SMARTS) is 1. The van der Waals surface area contributed by atoms with Gasteiger partial charge in [0.25, 0.3) is 0 Å². The quantitative estimate of drug-likeness (QED) is 0.587. The van der Waals surface area contributed by atoms with E-state index in [0.717, 1.165) is 19.3 Å². The highest BCUT2D eigenvalue weighted by atomic mass is 16.5. The van der Waals surface area contributed by atoms with E-state index < -0.39 is 12.0 Å². The molecule has 0 aliphatic rings. The topological polar surface area (TPSA) is 75.6 Å². The van der Waals surface area contributed by atoms with Gasteiger partial charge in [-0.25, -0.2) is 4.79 Å². The summed E-state index contributed by atoms with van der Waals surface area (Å²) in [7, 11) is 0. The summed E-state index contributed by atoms with van der Waals surface area (Å²) in [5.74, 6) is -1.45. The lowest BCUT2D eigenvalue weighted by molar-refractivity contribution is -0.144. The second kappa shape index (κ2) is 9.88. The molecule has 1 amide bonds. The van der Waals surface area contributed by atoms with Gasteiger partial charge in [-0.15, -0.1) is 0 Å². The predicted octanol–water partition coefficient (Wildman–Crippen LogP) is 1.81. The van der Waals surface area contributed by atoms with Crippen molar-refractivity contribution in [1.29, 1.82) is 0 Å². The van der Waals surface area contributed by atoms with Crippen LogP contribution in [0.3, 0.4) is 0 Å². The molecular weight excluding hydrogens is 234 g/mol. The summed E-state index contributed by atoms with van der Waals surface area (Å²) in [6.07, 6.45) is 3.81. The fraction of sp³-hybridized carbons (Fsp3) is 0.846. The van der Waals surface area contributed by atoms with Gasteiger partial charge in [0.05, 0.1) is 0 Å². The molecule has 0 spiro atoms. The molecule has 0 aliphatic carbocycles. The Balaban J connectivity index is 3.92. The molecule has 0 rings (SSSR count). The largest absolute Gasteiger partial charge is 0.480 e. The number of carboxylic acids is 1. The number of rotatable bonds is 10. The average Bonchev–Trinajstić information content (AvgIpc) is 2.34. The second-order valence-corrected chi connectivity index (χ2v) is 4.53. The monoisotopic (exact) mass is 259 g/mol. The normalized spacial score (nSPS) is 13.9. The number of hydrogen-bond donors (Lipinski definition) is 2. The number of nitrogens with one attached hydrogen (secondary N) is 1. The van der Waals surface area contributed by atoms with Crippen molar-refractivity contribution >= 4 is 11.9 Å². The number of ether oxygens (including phenoxy) is 1. The first-order chi connectivity index (χ1) is 8.52. The minimum absolute atomic E-state index is 0.0655. The Morgan fingerprint density at radius 3 is 2.44 bits per heavy atom. The molecular formula is C13H25NO4. The molecule has 0 unspecified atom stereocenters. The van der Waals surface area contributed by atoms with Gasteiger partial charge in [-0.3, -0.25) is 4.79 Å². The van der Waals surface area contributed by atoms with Crippen LogP contribution in [0.5, 0.6) is 0 Å². The summed E-state index contributed by atoms with van der Waals surface area (Å²) in [5.41, 5.74) is 0. The molecule has 0 heterocycles. The Bertz CT molecular complexity index is 255. The Morgan fingerprint density at radius 2 is 1.94 bits per heavy atom. The molecule has 0 saturated heterocycles. The lowest BCUT2D eigenvalue weighted by Crippen LogP contribution is -2.46. The predicted molar refractivity (Wildman–Crippen MR) is 69.4 cm³/mol. The highest BCUT2D eigenvalue weighted by molar-refractivity contribution is 5.84. The summed E-state index contributed by atoms with van der Waals surface area (Å²) in [6.45, 7) is 6.28. The van der Waals surface area contributed by atoms with Crippen LogP contribution in [0.2, 0.25) is 0 Å². The Labute approximate surface area is 109 Å². The van der Waals surface area contributed by atoms with Crippen LogP contribution in [0, 0.1) is 5.92 Å². The standard InChI is InChI=1S/C13H25NO4/c1-4-6-7-8-18-9-11(15)14-12(13(16)17)10(3)5-2/h10,12H,4-9H2,1-3H3,(H,14,15)(H,16,17)/t10-,12-/m0/s1. The summed E-state index contributed by atoms with van der Waals surface area (Å²) >= 11 is 0. The minimum Gasteiger partial charge on any atom is -0.480 e. The second-order valence-electron chi connectivity index (χ2n) is 4.53. The summed E-state index contributed by atoms with van der Waals surface area (Å²) in [6, 6.07) is -0.832. The maximum absolute atomic E-state index is 11.5. The van der Waals surface area contributed by atoms with E-state index in [4.69, 9.17) is 9.84 Å². The van der Waals surface area contributed by atoms with Crippen molar-refractivity contribution in [2.75, 3.05) is 13.2 Å². The van der Waals surface area contributed by atoms with Crippen molar-refractivity contribution < 1.29 is 19.4 Å². The molecule has 5 heteroatoms. The first-order valence-corrected chi connectivity index (χ1v) is 6.62. The van der Waals surface area contributed by atoms with E-state index in [1.54, 1.807) is 6.92 Å². The fourth-order valence-corrected chi connectivity index (χ4v) is 1.52. The van der Waals surface area contributed by atoms with Gasteiger partial charge in [0.15, 0.2) is 0 Å². The van der Waals surface area contributed by atoms with Crippen LogP contribution >= 0.6 is 0 Å². The molecule has 2 atom stereocenters. The van der Waals surface area contributed by atoms with Crippen molar-refractivity contribution in [3.63, 3.8) is 0 Å². The van der Waals surface area contributed by atoms with Crippen LogP contribution in [0.1, 0.15) is 46.5 Å². The van der Waals surface area contributed by atoms with E-state index in [9.17, 15) is 9.59 Å². The molecule has 0 saturated carbocycles. The van der Waals surface area contributed by atoms with Crippen LogP contribution in [0.15, 0.2) is 0 Å². The fourth-order valence-electron chi connectivity index (χ4n) is 1.52. The highest BCUT2D eigenvalue weighted by Crippen LogP contribution is 2.07. The molecule has 0 aromatic rings. The zero-order valence-corrected chi connectivity index (χ0v) is 11.6. The number of aliphatic carboxylic acids is 1. The molecule has 2 N–H and O–H groups in total. The van der Waals surface area contributed by atoms with Crippen LogP contribution in [0.25, 0.3) is 0 Å². The van der Waals surface area contributed by atoms with Gasteiger partial charge < -0.3 is 15.2 Å². The SMILES string of the molecule is CCCCCOCC(=O)N[C@H](C(=O)O)[C@@H](C)CC. The Hall–Kier alpha value is -1.10. The summed E-state index contributed by atoms with van der Waals surface area (Å²) in [4.78, 5) is 22.5. The van der Waals surface area contributed by atoms with E-state index in [-0.39, 0.29) is 18.4 Å². The number of amides is 1. The van der Waals surface area contributed by atoms with Crippen molar-refractivity contribution in [2.24, 2.45) is 5.92 Å². The van der Waals surface area contributed by atoms with Crippen LogP contribution < -0.4 is 5.32 Å². The van der Waals surface area contributed by atoms with Gasteiger partial charge >= 0.3 is 5.97 Å². The van der Waals surface area contributed by atoms with E-state index in [1.165, 1.54) is 0 Å². The molecule has 0 bridgehead atoms. The molecule has 0 aromatic carbocycles. The first-order valence-electron chi connectivity index (χ1n) is 6.62. The maximum atomic E-state index is 11.5. The lowest BCUT2D eigenvalue weighted by Gasteiger charge is -2.20. The third-order valence-electron chi connectivity index (χ3n) is 2.92. The molecule has 0 aromatic heterocycles. The van der Waals surface area contributed by atoms with Crippen molar-refractivity contribution in [1.82, 2.24) is 5.32 Å². The smallest absolute Gasteiger partial charge is 0.326 e. The maximum Gasteiger partial charge on any atom is 0.326 e.